The predicted molar refractivity (Wildman–Crippen MR) is 98.5 cm³/mol. The molecule has 3 N–H and O–H groups in total. The van der Waals surface area contributed by atoms with Crippen molar-refractivity contribution in [2.45, 2.75) is 6.92 Å². The molecule has 0 aliphatic carbocycles. The van der Waals surface area contributed by atoms with E-state index >= 15 is 0 Å². The van der Waals surface area contributed by atoms with Crippen LogP contribution in [0.5, 0.6) is 5.75 Å². The van der Waals surface area contributed by atoms with Crippen LogP contribution in [0.15, 0.2) is 87.2 Å². The first-order chi connectivity index (χ1) is 12.1. The maximum Gasteiger partial charge on any atom is 0.115 e. The fraction of sp³-hybridized carbons (Fsp3) is 0.0526. The molecular weight excluding hydrogens is 314 g/mol. The summed E-state index contributed by atoms with van der Waals surface area (Å²) in [7, 11) is 0. The number of phenols is 1. The number of anilines is 1. The van der Waals surface area contributed by atoms with Gasteiger partial charge in [-0.05, 0) is 79.2 Å². The summed E-state index contributed by atoms with van der Waals surface area (Å²) in [6, 6.07) is 19.3. The van der Waals surface area contributed by atoms with Crippen LogP contribution in [0.4, 0.5) is 28.4 Å². The van der Waals surface area contributed by atoms with Crippen molar-refractivity contribution in [3.63, 3.8) is 0 Å². The minimum absolute atomic E-state index is 0.199. The number of hydrogen-bond acceptors (Lipinski definition) is 6. The SMILES string of the molecule is Cc1cc(N)ccc1/N=N/c1ccc(/N=N/c2ccc(O)cc2)cc1. The number of rotatable bonds is 4. The van der Waals surface area contributed by atoms with E-state index in [4.69, 9.17) is 5.73 Å². The molecule has 3 aromatic carbocycles. The van der Waals surface area contributed by atoms with Gasteiger partial charge in [0.25, 0.3) is 0 Å². The Morgan fingerprint density at radius 2 is 1.16 bits per heavy atom. The largest absolute Gasteiger partial charge is 0.508 e. The van der Waals surface area contributed by atoms with E-state index in [2.05, 4.69) is 20.5 Å². The van der Waals surface area contributed by atoms with E-state index in [1.807, 2.05) is 43.3 Å². The normalized spacial score (nSPS) is 11.4. The molecule has 6 nitrogen and oxygen atoms in total. The summed E-state index contributed by atoms with van der Waals surface area (Å²) in [6.45, 7) is 1.94. The Labute approximate surface area is 145 Å². The number of nitrogens with zero attached hydrogens (tertiary/aromatic N) is 4. The second kappa shape index (κ2) is 7.35. The van der Waals surface area contributed by atoms with Gasteiger partial charge in [0.15, 0.2) is 0 Å². The van der Waals surface area contributed by atoms with Gasteiger partial charge in [-0.2, -0.15) is 20.5 Å². The first kappa shape index (κ1) is 16.3. The third-order valence-electron chi connectivity index (χ3n) is 3.47. The summed E-state index contributed by atoms with van der Waals surface area (Å²) >= 11 is 0. The van der Waals surface area contributed by atoms with E-state index < -0.39 is 0 Å². The second-order valence-electron chi connectivity index (χ2n) is 5.48. The van der Waals surface area contributed by atoms with Gasteiger partial charge in [-0.15, -0.1) is 0 Å². The average Bonchev–Trinajstić information content (AvgIpc) is 2.61. The smallest absolute Gasteiger partial charge is 0.115 e. The number of benzene rings is 3. The van der Waals surface area contributed by atoms with Gasteiger partial charge in [-0.1, -0.05) is 0 Å². The Morgan fingerprint density at radius 3 is 1.68 bits per heavy atom. The third kappa shape index (κ3) is 4.48. The minimum Gasteiger partial charge on any atom is -0.508 e. The molecule has 0 heterocycles. The molecule has 0 unspecified atom stereocenters. The third-order valence-corrected chi connectivity index (χ3v) is 3.47. The highest BCUT2D eigenvalue weighted by Gasteiger charge is 1.98. The molecule has 3 aromatic rings. The van der Waals surface area contributed by atoms with Crippen molar-refractivity contribution in [3.05, 3.63) is 72.3 Å². The topological polar surface area (TPSA) is 95.7 Å². The average molecular weight is 331 g/mol. The summed E-state index contributed by atoms with van der Waals surface area (Å²) in [5, 5.41) is 26.0. The number of hydrogen-bond donors (Lipinski definition) is 2. The quantitative estimate of drug-likeness (QED) is 0.445. The highest BCUT2D eigenvalue weighted by atomic mass is 16.3. The summed E-state index contributed by atoms with van der Waals surface area (Å²) in [4.78, 5) is 0. The molecule has 25 heavy (non-hydrogen) atoms. The van der Waals surface area contributed by atoms with Crippen molar-refractivity contribution in [2.24, 2.45) is 20.5 Å². The lowest BCUT2D eigenvalue weighted by atomic mass is 10.2. The standard InChI is InChI=1S/C19H17N5O/c1-13-12-14(20)2-11-19(13)24-23-16-5-3-15(4-6-16)21-22-17-7-9-18(25)10-8-17/h2-12,25H,20H2,1H3/b22-21+,24-23+. The minimum atomic E-state index is 0.199. The number of aryl methyl sites for hydroxylation is 1. The summed E-state index contributed by atoms with van der Waals surface area (Å²) < 4.78 is 0. The van der Waals surface area contributed by atoms with Crippen molar-refractivity contribution in [2.75, 3.05) is 5.73 Å². The number of phenolic OH excluding ortho intramolecular Hbond substituents is 1. The Balaban J connectivity index is 1.69. The Kier molecular flexibility index (Phi) is 4.80. The van der Waals surface area contributed by atoms with Crippen molar-refractivity contribution >= 4 is 28.4 Å². The fourth-order valence-electron chi connectivity index (χ4n) is 2.12. The first-order valence-corrected chi connectivity index (χ1v) is 7.69. The van der Waals surface area contributed by atoms with Gasteiger partial charge in [0.2, 0.25) is 0 Å². The van der Waals surface area contributed by atoms with Crippen molar-refractivity contribution in [3.8, 4) is 5.75 Å². The summed E-state index contributed by atoms with van der Waals surface area (Å²) in [6.07, 6.45) is 0. The van der Waals surface area contributed by atoms with Gasteiger partial charge in [-0.25, -0.2) is 0 Å². The Morgan fingerprint density at radius 1 is 0.680 bits per heavy atom. The molecule has 0 amide bonds. The highest BCUT2D eigenvalue weighted by Crippen LogP contribution is 2.26. The van der Waals surface area contributed by atoms with Gasteiger partial charge in [0, 0.05) is 5.69 Å². The summed E-state index contributed by atoms with van der Waals surface area (Å²) in [5.41, 5.74) is 10.3. The second-order valence-corrected chi connectivity index (χ2v) is 5.48. The van der Waals surface area contributed by atoms with E-state index in [0.717, 1.165) is 16.9 Å². The fourth-order valence-corrected chi connectivity index (χ4v) is 2.12. The number of nitrogen functional groups attached to an aromatic ring is 1. The van der Waals surface area contributed by atoms with Crippen LogP contribution in [-0.2, 0) is 0 Å². The lowest BCUT2D eigenvalue weighted by Gasteiger charge is -2.00. The Hall–Kier alpha value is -3.54. The van der Waals surface area contributed by atoms with Crippen LogP contribution in [0.2, 0.25) is 0 Å². The monoisotopic (exact) mass is 331 g/mol. The van der Waals surface area contributed by atoms with Gasteiger partial charge in [0.05, 0.1) is 22.7 Å². The molecule has 0 aliphatic heterocycles. The maximum absolute atomic E-state index is 9.24. The molecule has 6 heteroatoms. The van der Waals surface area contributed by atoms with Crippen LogP contribution in [0, 0.1) is 6.92 Å². The molecule has 0 saturated heterocycles. The lowest BCUT2D eigenvalue weighted by Crippen LogP contribution is -1.84. The molecule has 0 fully saturated rings. The lowest BCUT2D eigenvalue weighted by molar-refractivity contribution is 0.475. The molecular formula is C19H17N5O. The van der Waals surface area contributed by atoms with Crippen molar-refractivity contribution in [1.82, 2.24) is 0 Å². The molecule has 124 valence electrons. The van der Waals surface area contributed by atoms with E-state index in [-0.39, 0.29) is 5.75 Å². The van der Waals surface area contributed by atoms with Crippen LogP contribution >= 0.6 is 0 Å². The molecule has 0 radical (unpaired) electrons. The van der Waals surface area contributed by atoms with E-state index in [9.17, 15) is 5.11 Å². The zero-order valence-electron chi connectivity index (χ0n) is 13.7. The van der Waals surface area contributed by atoms with Crippen LogP contribution < -0.4 is 5.73 Å². The van der Waals surface area contributed by atoms with E-state index in [1.54, 1.807) is 30.3 Å². The Bertz CT molecular complexity index is 916. The van der Waals surface area contributed by atoms with Gasteiger partial charge < -0.3 is 10.8 Å². The molecule has 0 atom stereocenters. The molecule has 0 spiro atoms. The molecule has 0 saturated carbocycles. The van der Waals surface area contributed by atoms with Crippen LogP contribution in [0.1, 0.15) is 5.56 Å². The van der Waals surface area contributed by atoms with Crippen LogP contribution in [-0.4, -0.2) is 5.11 Å². The van der Waals surface area contributed by atoms with E-state index in [0.29, 0.717) is 17.1 Å². The first-order valence-electron chi connectivity index (χ1n) is 7.69. The molecule has 3 rings (SSSR count). The maximum atomic E-state index is 9.24. The van der Waals surface area contributed by atoms with Crippen LogP contribution in [0.3, 0.4) is 0 Å². The molecule has 0 aromatic heterocycles. The number of azo groups is 2. The van der Waals surface area contributed by atoms with Crippen LogP contribution in [0.25, 0.3) is 0 Å². The van der Waals surface area contributed by atoms with Gasteiger partial charge in [-0.3, -0.25) is 0 Å². The number of nitrogens with two attached hydrogens (primary N) is 1. The van der Waals surface area contributed by atoms with Crippen molar-refractivity contribution in [1.29, 1.82) is 0 Å². The van der Waals surface area contributed by atoms with E-state index in [1.165, 1.54) is 0 Å². The zero-order chi connectivity index (χ0) is 17.6. The van der Waals surface area contributed by atoms with Gasteiger partial charge >= 0.3 is 0 Å². The van der Waals surface area contributed by atoms with Gasteiger partial charge in [0.1, 0.15) is 5.75 Å². The molecule has 0 bridgehead atoms. The molecule has 0 aliphatic rings. The summed E-state index contributed by atoms with van der Waals surface area (Å²) in [5.74, 6) is 0.199. The zero-order valence-corrected chi connectivity index (χ0v) is 13.7. The predicted octanol–water partition coefficient (Wildman–Crippen LogP) is 6.11. The highest BCUT2D eigenvalue weighted by molar-refractivity contribution is 5.54. The number of aromatic hydroxyl groups is 1. The van der Waals surface area contributed by atoms with Crippen molar-refractivity contribution < 1.29 is 5.11 Å².